The molecule has 4 rings (SSSR count). The predicted octanol–water partition coefficient (Wildman–Crippen LogP) is 3.77. The van der Waals surface area contributed by atoms with Crippen LogP contribution in [0.15, 0.2) is 81.1 Å². The highest BCUT2D eigenvalue weighted by Gasteiger charge is 2.12. The zero-order valence-corrected chi connectivity index (χ0v) is 16.8. The molecule has 7 heteroatoms. The molecule has 3 aromatic carbocycles. The molecule has 2 N–H and O–H groups in total. The van der Waals surface area contributed by atoms with Crippen LogP contribution < -0.4 is 10.9 Å². The lowest BCUT2D eigenvalue weighted by atomic mass is 10.1. The van der Waals surface area contributed by atoms with Crippen molar-refractivity contribution in [2.24, 2.45) is 5.10 Å². The van der Waals surface area contributed by atoms with Crippen molar-refractivity contribution < 1.29 is 9.90 Å². The summed E-state index contributed by atoms with van der Waals surface area (Å²) in [5.74, 6) is -0.293. The van der Waals surface area contributed by atoms with Crippen LogP contribution >= 0.6 is 15.9 Å². The average Bonchev–Trinajstić information content (AvgIpc) is 2.73. The monoisotopic (exact) mass is 449 g/mol. The standard InChI is InChI=1S/C22H16BrN3O3/c23-15-9-10-20(27)14(11-15)12-24-25-21(28)13-26-18-7-3-1-5-16(18)22(29)17-6-2-4-8-19(17)26/h1-12,27H,13H2,(H,25,28)/b24-12-. The fourth-order valence-corrected chi connectivity index (χ4v) is 3.61. The molecular formula is C22H16BrN3O3. The second-order valence-electron chi connectivity index (χ2n) is 6.45. The molecule has 0 aliphatic carbocycles. The molecule has 144 valence electrons. The van der Waals surface area contributed by atoms with Gasteiger partial charge in [0.15, 0.2) is 5.43 Å². The van der Waals surface area contributed by atoms with E-state index in [9.17, 15) is 14.7 Å². The summed E-state index contributed by atoms with van der Waals surface area (Å²) in [6.45, 7) is -0.0108. The Morgan fingerprint density at radius 2 is 1.66 bits per heavy atom. The minimum Gasteiger partial charge on any atom is -0.507 e. The number of aromatic nitrogens is 1. The highest BCUT2D eigenvalue weighted by Crippen LogP contribution is 2.20. The van der Waals surface area contributed by atoms with Crippen molar-refractivity contribution in [3.05, 3.63) is 87.0 Å². The average molecular weight is 450 g/mol. The van der Waals surface area contributed by atoms with Crippen LogP contribution in [-0.2, 0) is 11.3 Å². The number of hydrogen-bond acceptors (Lipinski definition) is 4. The Morgan fingerprint density at radius 3 is 2.31 bits per heavy atom. The van der Waals surface area contributed by atoms with E-state index in [0.29, 0.717) is 27.4 Å². The molecule has 1 heterocycles. The second-order valence-corrected chi connectivity index (χ2v) is 7.36. The number of hydrazone groups is 1. The van der Waals surface area contributed by atoms with E-state index in [2.05, 4.69) is 26.5 Å². The number of aromatic hydroxyl groups is 1. The van der Waals surface area contributed by atoms with Crippen LogP contribution in [0.1, 0.15) is 5.56 Å². The van der Waals surface area contributed by atoms with Crippen molar-refractivity contribution in [1.82, 2.24) is 9.99 Å². The summed E-state index contributed by atoms with van der Waals surface area (Å²) in [5, 5.41) is 14.9. The molecule has 0 saturated heterocycles. The largest absolute Gasteiger partial charge is 0.507 e. The Balaban J connectivity index is 1.66. The van der Waals surface area contributed by atoms with Crippen molar-refractivity contribution in [1.29, 1.82) is 0 Å². The number of halogens is 1. The number of amides is 1. The third-order valence-electron chi connectivity index (χ3n) is 4.56. The summed E-state index contributed by atoms with van der Waals surface area (Å²) in [6, 6.07) is 19.4. The van der Waals surface area contributed by atoms with Crippen LogP contribution in [-0.4, -0.2) is 21.8 Å². The lowest BCUT2D eigenvalue weighted by molar-refractivity contribution is -0.121. The number of pyridine rings is 1. The van der Waals surface area contributed by atoms with Gasteiger partial charge in [0.05, 0.1) is 17.2 Å². The normalized spacial score (nSPS) is 11.3. The molecular weight excluding hydrogens is 434 g/mol. The van der Waals surface area contributed by atoms with E-state index in [-0.39, 0.29) is 23.6 Å². The summed E-state index contributed by atoms with van der Waals surface area (Å²) in [7, 11) is 0. The molecule has 29 heavy (non-hydrogen) atoms. The molecule has 0 fully saturated rings. The summed E-state index contributed by atoms with van der Waals surface area (Å²) in [5.41, 5.74) is 4.25. The van der Waals surface area contributed by atoms with Crippen molar-refractivity contribution in [2.75, 3.05) is 0 Å². The SMILES string of the molecule is O=C(Cn1c2ccccc2c(=O)c2ccccc21)N/N=C\c1cc(Br)ccc1O. The molecule has 0 radical (unpaired) electrons. The quantitative estimate of drug-likeness (QED) is 0.282. The van der Waals surface area contributed by atoms with Gasteiger partial charge < -0.3 is 9.67 Å². The minimum atomic E-state index is -0.352. The minimum absolute atomic E-state index is 0.0108. The number of hydrogen-bond donors (Lipinski definition) is 2. The van der Waals surface area contributed by atoms with Gasteiger partial charge in [-0.15, -0.1) is 0 Å². The van der Waals surface area contributed by atoms with Gasteiger partial charge >= 0.3 is 0 Å². The number of fused-ring (bicyclic) bond motifs is 2. The van der Waals surface area contributed by atoms with Gasteiger partial charge in [0, 0.05) is 20.8 Å². The Hall–Kier alpha value is -3.45. The first kappa shape index (κ1) is 18.9. The van der Waals surface area contributed by atoms with Gasteiger partial charge in [-0.3, -0.25) is 9.59 Å². The van der Waals surface area contributed by atoms with E-state index < -0.39 is 0 Å². The van der Waals surface area contributed by atoms with E-state index in [0.717, 1.165) is 4.47 Å². The fourth-order valence-electron chi connectivity index (χ4n) is 3.23. The van der Waals surface area contributed by atoms with Gasteiger partial charge in [0.2, 0.25) is 0 Å². The molecule has 0 bridgehead atoms. The number of phenolic OH excluding ortho intramolecular Hbond substituents is 1. The first-order valence-corrected chi connectivity index (χ1v) is 9.64. The molecule has 6 nitrogen and oxygen atoms in total. The Morgan fingerprint density at radius 1 is 1.03 bits per heavy atom. The number of rotatable bonds is 4. The third kappa shape index (κ3) is 3.77. The maximum absolute atomic E-state index is 12.7. The van der Waals surface area contributed by atoms with Gasteiger partial charge in [-0.05, 0) is 42.5 Å². The van der Waals surface area contributed by atoms with Crippen LogP contribution in [0.4, 0.5) is 0 Å². The summed E-state index contributed by atoms with van der Waals surface area (Å²) in [4.78, 5) is 25.3. The van der Waals surface area contributed by atoms with Gasteiger partial charge in [0.1, 0.15) is 12.3 Å². The summed E-state index contributed by atoms with van der Waals surface area (Å²) < 4.78 is 2.59. The third-order valence-corrected chi connectivity index (χ3v) is 5.06. The second kappa shape index (κ2) is 7.89. The van der Waals surface area contributed by atoms with E-state index in [1.165, 1.54) is 12.3 Å². The Bertz CT molecular complexity index is 1270. The number of para-hydroxylation sites is 2. The van der Waals surface area contributed by atoms with Gasteiger partial charge in [-0.25, -0.2) is 5.43 Å². The zero-order valence-electron chi connectivity index (χ0n) is 15.2. The first-order chi connectivity index (χ1) is 14.0. The molecule has 1 aromatic heterocycles. The first-order valence-electron chi connectivity index (χ1n) is 8.85. The molecule has 0 aliphatic rings. The van der Waals surface area contributed by atoms with Gasteiger partial charge in [-0.2, -0.15) is 5.10 Å². The van der Waals surface area contributed by atoms with Crippen LogP contribution in [0.3, 0.4) is 0 Å². The number of nitrogens with one attached hydrogen (secondary N) is 1. The van der Waals surface area contributed by atoms with Crippen molar-refractivity contribution in [2.45, 2.75) is 6.54 Å². The van der Waals surface area contributed by atoms with E-state index in [4.69, 9.17) is 0 Å². The van der Waals surface area contributed by atoms with Crippen molar-refractivity contribution >= 4 is 49.9 Å². The molecule has 0 aliphatic heterocycles. The predicted molar refractivity (Wildman–Crippen MR) is 117 cm³/mol. The summed E-state index contributed by atoms with van der Waals surface area (Å²) in [6.07, 6.45) is 1.37. The zero-order chi connectivity index (χ0) is 20.4. The number of nitrogens with zero attached hydrogens (tertiary/aromatic N) is 2. The highest BCUT2D eigenvalue weighted by atomic mass is 79.9. The van der Waals surface area contributed by atoms with Crippen molar-refractivity contribution in [3.8, 4) is 5.75 Å². The van der Waals surface area contributed by atoms with Gasteiger partial charge in [-0.1, -0.05) is 40.2 Å². The molecule has 0 unspecified atom stereocenters. The molecule has 0 atom stereocenters. The molecule has 4 aromatic rings. The number of carbonyl (C=O) groups is 1. The molecule has 0 saturated carbocycles. The Labute approximate surface area is 174 Å². The fraction of sp³-hybridized carbons (Fsp3) is 0.0455. The van der Waals surface area contributed by atoms with Crippen molar-refractivity contribution in [3.63, 3.8) is 0 Å². The highest BCUT2D eigenvalue weighted by molar-refractivity contribution is 9.10. The lowest BCUT2D eigenvalue weighted by Crippen LogP contribution is -2.25. The molecule has 0 spiro atoms. The van der Waals surface area contributed by atoms with E-state index in [1.54, 1.807) is 41.0 Å². The van der Waals surface area contributed by atoms with E-state index in [1.807, 2.05) is 24.3 Å². The smallest absolute Gasteiger partial charge is 0.260 e. The van der Waals surface area contributed by atoms with Crippen LogP contribution in [0, 0.1) is 0 Å². The molecule has 1 amide bonds. The number of phenols is 1. The number of carbonyl (C=O) groups excluding carboxylic acids is 1. The van der Waals surface area contributed by atoms with Crippen LogP contribution in [0.2, 0.25) is 0 Å². The Kier molecular flexibility index (Phi) is 5.14. The van der Waals surface area contributed by atoms with E-state index >= 15 is 0 Å². The lowest BCUT2D eigenvalue weighted by Gasteiger charge is -2.14. The maximum atomic E-state index is 12.7. The van der Waals surface area contributed by atoms with Crippen LogP contribution in [0.5, 0.6) is 5.75 Å². The maximum Gasteiger partial charge on any atom is 0.260 e. The number of benzene rings is 3. The summed E-state index contributed by atoms with van der Waals surface area (Å²) >= 11 is 3.32. The topological polar surface area (TPSA) is 83.7 Å². The van der Waals surface area contributed by atoms with Crippen LogP contribution in [0.25, 0.3) is 21.8 Å². The van der Waals surface area contributed by atoms with Gasteiger partial charge in [0.25, 0.3) is 5.91 Å².